The molecule has 0 radical (unpaired) electrons. The average molecular weight is 327 g/mol. The van der Waals surface area contributed by atoms with Gasteiger partial charge in [-0.25, -0.2) is 0 Å². The van der Waals surface area contributed by atoms with Crippen LogP contribution >= 0.6 is 28.1 Å². The Balaban J connectivity index is 2.18. The number of hydrogen-bond donors (Lipinski definition) is 1. The van der Waals surface area contributed by atoms with Gasteiger partial charge in [0.15, 0.2) is 0 Å². The molecule has 18 heavy (non-hydrogen) atoms. The van der Waals surface area contributed by atoms with Gasteiger partial charge in [0.25, 0.3) is 0 Å². The first-order valence-electron chi connectivity index (χ1n) is 6.33. The predicted octanol–water partition coefficient (Wildman–Crippen LogP) is 3.57. The lowest BCUT2D eigenvalue weighted by Crippen LogP contribution is -2.21. The lowest BCUT2D eigenvalue weighted by Gasteiger charge is -2.21. The monoisotopic (exact) mass is 326 g/mol. The molecule has 1 unspecified atom stereocenters. The standard InChI is InChI=1S/C14H19BrN2S/c1-9(2)11-5-6-17(8-11)13-4-3-10(14(16)18)7-12(13)15/h3-4,7,9,11H,5-6,8H2,1-2H3,(H2,16,18). The number of thiocarbonyl (C=S) groups is 1. The summed E-state index contributed by atoms with van der Waals surface area (Å²) in [6.45, 7) is 6.88. The molecule has 1 atom stereocenters. The highest BCUT2D eigenvalue weighted by molar-refractivity contribution is 9.10. The predicted molar refractivity (Wildman–Crippen MR) is 85.2 cm³/mol. The topological polar surface area (TPSA) is 29.3 Å². The minimum Gasteiger partial charge on any atom is -0.389 e. The molecule has 1 aliphatic rings. The van der Waals surface area contributed by atoms with E-state index in [-0.39, 0.29) is 0 Å². The zero-order chi connectivity index (χ0) is 13.3. The molecule has 0 spiro atoms. The summed E-state index contributed by atoms with van der Waals surface area (Å²) in [5, 5.41) is 0. The van der Waals surface area contributed by atoms with Crippen LogP contribution in [0.3, 0.4) is 0 Å². The molecule has 0 amide bonds. The summed E-state index contributed by atoms with van der Waals surface area (Å²) in [5.41, 5.74) is 7.81. The number of anilines is 1. The molecule has 1 heterocycles. The van der Waals surface area contributed by atoms with E-state index in [0.717, 1.165) is 35.0 Å². The van der Waals surface area contributed by atoms with Crippen LogP contribution in [0.25, 0.3) is 0 Å². The first kappa shape index (κ1) is 13.8. The van der Waals surface area contributed by atoms with E-state index in [1.165, 1.54) is 12.1 Å². The summed E-state index contributed by atoms with van der Waals surface area (Å²) in [6, 6.07) is 6.13. The maximum absolute atomic E-state index is 5.64. The molecule has 2 nitrogen and oxygen atoms in total. The number of nitrogens with zero attached hydrogens (tertiary/aromatic N) is 1. The van der Waals surface area contributed by atoms with Crippen molar-refractivity contribution in [2.45, 2.75) is 20.3 Å². The first-order valence-corrected chi connectivity index (χ1v) is 7.53. The molecule has 2 rings (SSSR count). The Hall–Kier alpha value is -0.610. The van der Waals surface area contributed by atoms with Crippen LogP contribution < -0.4 is 10.6 Å². The minimum atomic E-state index is 0.448. The Morgan fingerprint density at radius 2 is 2.22 bits per heavy atom. The molecular formula is C14H19BrN2S. The van der Waals surface area contributed by atoms with Gasteiger partial charge in [0.05, 0.1) is 5.69 Å². The fourth-order valence-electron chi connectivity index (χ4n) is 2.47. The Morgan fingerprint density at radius 3 is 2.72 bits per heavy atom. The van der Waals surface area contributed by atoms with Gasteiger partial charge < -0.3 is 10.6 Å². The van der Waals surface area contributed by atoms with E-state index in [2.05, 4.69) is 40.7 Å². The van der Waals surface area contributed by atoms with Crippen molar-refractivity contribution in [1.29, 1.82) is 0 Å². The van der Waals surface area contributed by atoms with Crippen LogP contribution in [-0.4, -0.2) is 18.1 Å². The smallest absolute Gasteiger partial charge is 0.104 e. The second-order valence-corrected chi connectivity index (χ2v) is 6.56. The maximum Gasteiger partial charge on any atom is 0.104 e. The third-order valence-electron chi connectivity index (χ3n) is 3.74. The molecule has 1 saturated heterocycles. The SMILES string of the molecule is CC(C)C1CCN(c2ccc(C(N)=S)cc2Br)C1. The number of halogens is 1. The second-order valence-electron chi connectivity index (χ2n) is 5.27. The first-order chi connectivity index (χ1) is 8.49. The summed E-state index contributed by atoms with van der Waals surface area (Å²) >= 11 is 8.62. The molecule has 0 aliphatic carbocycles. The van der Waals surface area contributed by atoms with Gasteiger partial charge >= 0.3 is 0 Å². The Morgan fingerprint density at radius 1 is 1.50 bits per heavy atom. The molecular weight excluding hydrogens is 308 g/mol. The van der Waals surface area contributed by atoms with E-state index in [0.29, 0.717) is 4.99 Å². The van der Waals surface area contributed by atoms with Crippen LogP contribution in [0.15, 0.2) is 22.7 Å². The molecule has 0 aromatic heterocycles. The lowest BCUT2D eigenvalue weighted by atomic mass is 9.95. The van der Waals surface area contributed by atoms with Gasteiger partial charge in [-0.15, -0.1) is 0 Å². The fraction of sp³-hybridized carbons (Fsp3) is 0.500. The molecule has 2 N–H and O–H groups in total. The fourth-order valence-corrected chi connectivity index (χ4v) is 3.22. The van der Waals surface area contributed by atoms with E-state index in [4.69, 9.17) is 18.0 Å². The number of hydrogen-bond acceptors (Lipinski definition) is 2. The van der Waals surface area contributed by atoms with Crippen LogP contribution in [0.1, 0.15) is 25.8 Å². The largest absolute Gasteiger partial charge is 0.389 e. The number of nitrogens with two attached hydrogens (primary N) is 1. The van der Waals surface area contributed by atoms with Crippen molar-refractivity contribution in [2.24, 2.45) is 17.6 Å². The van der Waals surface area contributed by atoms with Crippen molar-refractivity contribution in [3.05, 3.63) is 28.2 Å². The highest BCUT2D eigenvalue weighted by Crippen LogP contribution is 2.33. The van der Waals surface area contributed by atoms with Gasteiger partial charge in [-0.2, -0.15) is 0 Å². The molecule has 98 valence electrons. The van der Waals surface area contributed by atoms with Crippen LogP contribution in [0.4, 0.5) is 5.69 Å². The van der Waals surface area contributed by atoms with Gasteiger partial charge in [-0.3, -0.25) is 0 Å². The molecule has 0 bridgehead atoms. The van der Waals surface area contributed by atoms with Gasteiger partial charge in [0.1, 0.15) is 4.99 Å². The van der Waals surface area contributed by atoms with E-state index in [9.17, 15) is 0 Å². The van der Waals surface area contributed by atoms with Crippen LogP contribution in [-0.2, 0) is 0 Å². The molecule has 1 aromatic rings. The molecule has 1 fully saturated rings. The maximum atomic E-state index is 5.64. The summed E-state index contributed by atoms with van der Waals surface area (Å²) in [5.74, 6) is 1.55. The molecule has 1 aliphatic heterocycles. The summed E-state index contributed by atoms with van der Waals surface area (Å²) in [4.78, 5) is 2.89. The highest BCUT2D eigenvalue weighted by atomic mass is 79.9. The quantitative estimate of drug-likeness (QED) is 0.861. The molecule has 0 saturated carbocycles. The average Bonchev–Trinajstić information content (AvgIpc) is 2.78. The van der Waals surface area contributed by atoms with Crippen molar-refractivity contribution < 1.29 is 0 Å². The van der Waals surface area contributed by atoms with Gasteiger partial charge in [-0.05, 0) is 52.4 Å². The lowest BCUT2D eigenvalue weighted by molar-refractivity contribution is 0.423. The summed E-state index contributed by atoms with van der Waals surface area (Å²) in [7, 11) is 0. The van der Waals surface area contributed by atoms with Crippen molar-refractivity contribution in [2.75, 3.05) is 18.0 Å². The minimum absolute atomic E-state index is 0.448. The van der Waals surface area contributed by atoms with Crippen molar-refractivity contribution in [3.8, 4) is 0 Å². The Labute approximate surface area is 123 Å². The van der Waals surface area contributed by atoms with Gasteiger partial charge in [-0.1, -0.05) is 26.1 Å². The zero-order valence-corrected chi connectivity index (χ0v) is 13.2. The van der Waals surface area contributed by atoms with Gasteiger partial charge in [0, 0.05) is 23.1 Å². The van der Waals surface area contributed by atoms with E-state index in [1.54, 1.807) is 0 Å². The van der Waals surface area contributed by atoms with Crippen molar-refractivity contribution in [1.82, 2.24) is 0 Å². The third kappa shape index (κ3) is 2.86. The molecule has 1 aromatic carbocycles. The Kier molecular flexibility index (Phi) is 4.28. The Bertz CT molecular complexity index is 459. The van der Waals surface area contributed by atoms with Crippen LogP contribution in [0, 0.1) is 11.8 Å². The number of rotatable bonds is 3. The van der Waals surface area contributed by atoms with Crippen molar-refractivity contribution in [3.63, 3.8) is 0 Å². The van der Waals surface area contributed by atoms with E-state index >= 15 is 0 Å². The summed E-state index contributed by atoms with van der Waals surface area (Å²) < 4.78 is 1.08. The highest BCUT2D eigenvalue weighted by Gasteiger charge is 2.26. The normalized spacial score (nSPS) is 19.6. The van der Waals surface area contributed by atoms with E-state index in [1.807, 2.05) is 12.1 Å². The van der Waals surface area contributed by atoms with Crippen LogP contribution in [0.2, 0.25) is 0 Å². The van der Waals surface area contributed by atoms with Crippen molar-refractivity contribution >= 4 is 38.8 Å². The van der Waals surface area contributed by atoms with E-state index < -0.39 is 0 Å². The summed E-state index contributed by atoms with van der Waals surface area (Å²) in [6.07, 6.45) is 1.28. The second kappa shape index (κ2) is 5.57. The molecule has 4 heteroatoms. The van der Waals surface area contributed by atoms with Crippen LogP contribution in [0.5, 0.6) is 0 Å². The number of benzene rings is 1. The van der Waals surface area contributed by atoms with Gasteiger partial charge in [0.2, 0.25) is 0 Å². The zero-order valence-electron chi connectivity index (χ0n) is 10.8. The third-order valence-corrected chi connectivity index (χ3v) is 4.61.